The fraction of sp³-hybridized carbons (Fsp3) is 0.353. The first-order valence-electron chi connectivity index (χ1n) is 7.05. The van der Waals surface area contributed by atoms with Crippen molar-refractivity contribution in [2.24, 2.45) is 5.41 Å². The van der Waals surface area contributed by atoms with Crippen molar-refractivity contribution in [3.63, 3.8) is 0 Å². The number of furan rings is 1. The third-order valence-corrected chi connectivity index (χ3v) is 3.41. The van der Waals surface area contributed by atoms with Crippen LogP contribution in [0.5, 0.6) is 5.95 Å². The minimum Gasteiger partial charge on any atom is -0.468 e. The Hall–Kier alpha value is -2.43. The second-order valence-corrected chi connectivity index (χ2v) is 6.13. The summed E-state index contributed by atoms with van der Waals surface area (Å²) >= 11 is 0. The quantitative estimate of drug-likeness (QED) is 0.899. The fourth-order valence-electron chi connectivity index (χ4n) is 2.55. The van der Waals surface area contributed by atoms with E-state index < -0.39 is 6.09 Å². The van der Waals surface area contributed by atoms with Crippen LogP contribution in [0.3, 0.4) is 0 Å². The topological polar surface area (TPSA) is 62.9 Å². The van der Waals surface area contributed by atoms with E-state index in [1.807, 2.05) is 51.1 Å². The largest absolute Gasteiger partial charge is 0.468 e. The first-order valence-corrected chi connectivity index (χ1v) is 7.05. The molecule has 1 unspecified atom stereocenters. The van der Waals surface area contributed by atoms with Crippen molar-refractivity contribution in [2.45, 2.75) is 26.8 Å². The van der Waals surface area contributed by atoms with E-state index in [9.17, 15) is 9.90 Å². The van der Waals surface area contributed by atoms with Gasteiger partial charge in [0.1, 0.15) is 0 Å². The molecule has 1 N–H and O–H groups in total. The van der Waals surface area contributed by atoms with Gasteiger partial charge in [0, 0.05) is 12.1 Å². The third-order valence-electron chi connectivity index (χ3n) is 3.41. The van der Waals surface area contributed by atoms with Gasteiger partial charge in [0.25, 0.3) is 5.95 Å². The Balaban J connectivity index is 2.53. The number of rotatable bonds is 4. The molecule has 0 bridgehead atoms. The van der Waals surface area contributed by atoms with E-state index in [-0.39, 0.29) is 23.3 Å². The molecule has 0 aliphatic heterocycles. The molecule has 5 heteroatoms. The summed E-state index contributed by atoms with van der Waals surface area (Å²) in [5.74, 6) is 0.523. The van der Waals surface area contributed by atoms with Gasteiger partial charge in [-0.1, -0.05) is 51.1 Å². The van der Waals surface area contributed by atoms with Crippen LogP contribution < -0.4 is 9.64 Å². The predicted octanol–water partition coefficient (Wildman–Crippen LogP) is 4.56. The third kappa shape index (κ3) is 3.24. The van der Waals surface area contributed by atoms with Gasteiger partial charge in [-0.05, 0) is 11.0 Å². The molecule has 2 aromatic rings. The molecule has 22 heavy (non-hydrogen) atoms. The number of hydrogen-bond acceptors (Lipinski definition) is 3. The summed E-state index contributed by atoms with van der Waals surface area (Å²) in [4.78, 5) is 13.1. The van der Waals surface area contributed by atoms with Gasteiger partial charge in [-0.25, -0.2) is 9.69 Å². The summed E-state index contributed by atoms with van der Waals surface area (Å²) < 4.78 is 10.5. The number of carboxylic acid groups (broad SMARTS) is 1. The highest BCUT2D eigenvalue weighted by atomic mass is 16.6. The van der Waals surface area contributed by atoms with Crippen molar-refractivity contribution in [3.05, 3.63) is 48.0 Å². The number of carbonyl (C=O) groups is 1. The van der Waals surface area contributed by atoms with Gasteiger partial charge < -0.3 is 14.3 Å². The molecule has 0 aliphatic rings. The highest BCUT2D eigenvalue weighted by Gasteiger charge is 2.37. The second kappa shape index (κ2) is 6.13. The Bertz CT molecular complexity index is 628. The van der Waals surface area contributed by atoms with Crippen LogP contribution in [0.4, 0.5) is 10.7 Å². The lowest BCUT2D eigenvalue weighted by atomic mass is 9.81. The number of anilines is 1. The van der Waals surface area contributed by atoms with Crippen LogP contribution in [-0.4, -0.2) is 18.3 Å². The second-order valence-electron chi connectivity index (χ2n) is 6.13. The van der Waals surface area contributed by atoms with E-state index in [1.54, 1.807) is 12.1 Å². The maximum atomic E-state index is 11.9. The summed E-state index contributed by atoms with van der Waals surface area (Å²) in [5.41, 5.74) is 0.590. The molecular weight excluding hydrogens is 282 g/mol. The molecule has 0 saturated heterocycles. The molecule has 0 fully saturated rings. The Labute approximate surface area is 130 Å². The van der Waals surface area contributed by atoms with Gasteiger partial charge >= 0.3 is 6.09 Å². The average Bonchev–Trinajstić information content (AvgIpc) is 2.92. The van der Waals surface area contributed by atoms with Crippen molar-refractivity contribution in [1.82, 2.24) is 0 Å². The number of nitrogens with zero attached hydrogens (tertiary/aromatic N) is 1. The van der Waals surface area contributed by atoms with Crippen LogP contribution in [0.2, 0.25) is 0 Å². The van der Waals surface area contributed by atoms with Gasteiger partial charge in [-0.15, -0.1) is 0 Å². The number of benzene rings is 1. The Morgan fingerprint density at radius 2 is 1.82 bits per heavy atom. The highest BCUT2D eigenvalue weighted by Crippen LogP contribution is 2.41. The van der Waals surface area contributed by atoms with Crippen LogP contribution in [0.1, 0.15) is 32.4 Å². The minimum atomic E-state index is -1.07. The molecule has 5 nitrogen and oxygen atoms in total. The predicted molar refractivity (Wildman–Crippen MR) is 84.4 cm³/mol. The molecule has 0 saturated carbocycles. The van der Waals surface area contributed by atoms with Gasteiger partial charge in [0.05, 0.1) is 13.2 Å². The lowest BCUT2D eigenvalue weighted by Crippen LogP contribution is -2.40. The molecule has 2 rings (SSSR count). The fourth-order valence-corrected chi connectivity index (χ4v) is 2.55. The lowest BCUT2D eigenvalue weighted by Gasteiger charge is -2.37. The molecule has 1 atom stereocenters. The zero-order valence-electron chi connectivity index (χ0n) is 13.2. The highest BCUT2D eigenvalue weighted by molar-refractivity contribution is 5.85. The molecule has 1 heterocycles. The maximum Gasteiger partial charge on any atom is 0.414 e. The standard InChI is InChI=1S/C17H21NO4/c1-17(2,3)15(12-8-6-5-7-9-12)18(16(19)20)13-10-11-14(21-4)22-13/h5-11,15H,1-4H3,(H,19,20). The number of methoxy groups -OCH3 is 1. The van der Waals surface area contributed by atoms with E-state index in [2.05, 4.69) is 0 Å². The zero-order chi connectivity index (χ0) is 16.3. The van der Waals surface area contributed by atoms with E-state index >= 15 is 0 Å². The number of hydrogen-bond donors (Lipinski definition) is 1. The van der Waals surface area contributed by atoms with E-state index in [4.69, 9.17) is 9.15 Å². The van der Waals surface area contributed by atoms with E-state index in [0.29, 0.717) is 0 Å². The minimum absolute atomic E-state index is 0.244. The Morgan fingerprint density at radius 3 is 2.27 bits per heavy atom. The summed E-state index contributed by atoms with van der Waals surface area (Å²) in [7, 11) is 1.48. The summed E-state index contributed by atoms with van der Waals surface area (Å²) in [6.07, 6.45) is -1.07. The lowest BCUT2D eigenvalue weighted by molar-refractivity contribution is 0.185. The van der Waals surface area contributed by atoms with Gasteiger partial charge in [0.2, 0.25) is 5.88 Å². The Morgan fingerprint density at radius 1 is 1.18 bits per heavy atom. The molecule has 1 amide bonds. The average molecular weight is 303 g/mol. The molecule has 0 spiro atoms. The zero-order valence-corrected chi connectivity index (χ0v) is 13.2. The number of ether oxygens (including phenoxy) is 1. The molecule has 1 aromatic heterocycles. The maximum absolute atomic E-state index is 11.9. The van der Waals surface area contributed by atoms with Crippen molar-refractivity contribution in [3.8, 4) is 5.95 Å². The van der Waals surface area contributed by atoms with Crippen molar-refractivity contribution >= 4 is 12.0 Å². The molecule has 118 valence electrons. The molecular formula is C17H21NO4. The molecule has 0 aliphatic carbocycles. The summed E-state index contributed by atoms with van der Waals surface area (Å²) in [6.45, 7) is 6.00. The summed E-state index contributed by atoms with van der Waals surface area (Å²) in [6, 6.07) is 12.4. The Kier molecular flexibility index (Phi) is 4.45. The van der Waals surface area contributed by atoms with Gasteiger partial charge in [-0.2, -0.15) is 0 Å². The number of amides is 1. The van der Waals surface area contributed by atoms with Crippen LogP contribution in [0, 0.1) is 5.41 Å². The first-order chi connectivity index (χ1) is 10.3. The molecule has 1 aromatic carbocycles. The van der Waals surface area contributed by atoms with Crippen LogP contribution in [-0.2, 0) is 0 Å². The van der Waals surface area contributed by atoms with Crippen LogP contribution >= 0.6 is 0 Å². The van der Waals surface area contributed by atoms with E-state index in [0.717, 1.165) is 5.56 Å². The van der Waals surface area contributed by atoms with Crippen molar-refractivity contribution in [1.29, 1.82) is 0 Å². The van der Waals surface area contributed by atoms with Crippen LogP contribution in [0.25, 0.3) is 0 Å². The smallest absolute Gasteiger partial charge is 0.414 e. The first kappa shape index (κ1) is 15.9. The van der Waals surface area contributed by atoms with Crippen molar-refractivity contribution in [2.75, 3.05) is 12.0 Å². The van der Waals surface area contributed by atoms with Crippen molar-refractivity contribution < 1.29 is 19.1 Å². The normalized spacial score (nSPS) is 12.7. The van der Waals surface area contributed by atoms with Gasteiger partial charge in [-0.3, -0.25) is 0 Å². The monoisotopic (exact) mass is 303 g/mol. The van der Waals surface area contributed by atoms with E-state index in [1.165, 1.54) is 12.0 Å². The van der Waals surface area contributed by atoms with Gasteiger partial charge in [0.15, 0.2) is 0 Å². The SMILES string of the molecule is COc1ccc(N(C(=O)O)C(c2ccccc2)C(C)(C)C)o1. The van der Waals surface area contributed by atoms with Crippen LogP contribution in [0.15, 0.2) is 46.9 Å². The molecule has 0 radical (unpaired) electrons. The summed E-state index contributed by atoms with van der Waals surface area (Å²) in [5, 5.41) is 9.73.